The van der Waals surface area contributed by atoms with Gasteiger partial charge in [0.15, 0.2) is 0 Å². The first-order valence-electron chi connectivity index (χ1n) is 13.9. The summed E-state index contributed by atoms with van der Waals surface area (Å²) >= 11 is 0. The SMILES string of the molecule is CN1c2[c-]c(-c3ccc4ccccc4n3)cc3c2P(c2cc4ccccc4cc21)c1cc2ccccc2cc1N3C.[Ir]. The van der Waals surface area contributed by atoms with Gasteiger partial charge in [0.2, 0.25) is 0 Å². The van der Waals surface area contributed by atoms with Crippen LogP contribution >= 0.6 is 7.92 Å². The Balaban J connectivity index is 0.00000267. The van der Waals surface area contributed by atoms with Crippen molar-refractivity contribution >= 4 is 79.0 Å². The minimum absolute atomic E-state index is 0. The van der Waals surface area contributed by atoms with Gasteiger partial charge in [-0.05, 0) is 87.6 Å². The van der Waals surface area contributed by atoms with Crippen molar-refractivity contribution in [3.63, 3.8) is 0 Å². The van der Waals surface area contributed by atoms with Gasteiger partial charge in [0.25, 0.3) is 0 Å². The van der Waals surface area contributed by atoms with Gasteiger partial charge in [-0.1, -0.05) is 78.9 Å². The summed E-state index contributed by atoms with van der Waals surface area (Å²) in [5.41, 5.74) is 7.89. The van der Waals surface area contributed by atoms with Crippen LogP contribution in [0.2, 0.25) is 0 Å². The molecule has 1 atom stereocenters. The smallest absolute Gasteiger partial charge is 0.0595 e. The average molecular weight is 735 g/mol. The van der Waals surface area contributed by atoms with Gasteiger partial charge in [-0.3, -0.25) is 4.98 Å². The second kappa shape index (κ2) is 9.48. The van der Waals surface area contributed by atoms with Crippen LogP contribution in [0, 0.1) is 6.07 Å². The van der Waals surface area contributed by atoms with Crippen LogP contribution < -0.4 is 25.7 Å². The summed E-state index contributed by atoms with van der Waals surface area (Å²) in [6, 6.07) is 45.8. The van der Waals surface area contributed by atoms with Crippen molar-refractivity contribution in [2.75, 3.05) is 23.9 Å². The molecule has 7 aromatic rings. The number of pyridine rings is 1. The molecule has 3 nitrogen and oxygen atoms in total. The van der Waals surface area contributed by atoms with Crippen LogP contribution in [0.4, 0.5) is 22.7 Å². The molecule has 42 heavy (non-hydrogen) atoms. The van der Waals surface area contributed by atoms with E-state index < -0.39 is 7.92 Å². The molecule has 1 unspecified atom stereocenters. The van der Waals surface area contributed by atoms with Crippen LogP contribution in [-0.4, -0.2) is 19.1 Å². The van der Waals surface area contributed by atoms with Crippen molar-refractivity contribution in [1.82, 2.24) is 4.98 Å². The maximum atomic E-state index is 5.06. The van der Waals surface area contributed by atoms with E-state index >= 15 is 0 Å². The quantitative estimate of drug-likeness (QED) is 0.126. The molecule has 0 spiro atoms. The Bertz CT molecular complexity index is 2110. The van der Waals surface area contributed by atoms with Crippen molar-refractivity contribution in [3.8, 4) is 11.3 Å². The molecule has 2 aliphatic heterocycles. The monoisotopic (exact) mass is 735 g/mol. The Morgan fingerprint density at radius 1 is 0.571 bits per heavy atom. The molecule has 2 aliphatic rings. The van der Waals surface area contributed by atoms with Gasteiger partial charge in [0, 0.05) is 56.2 Å². The van der Waals surface area contributed by atoms with Gasteiger partial charge >= 0.3 is 0 Å². The Morgan fingerprint density at radius 2 is 1.12 bits per heavy atom. The van der Waals surface area contributed by atoms with Gasteiger partial charge in [0.05, 0.1) is 5.52 Å². The number of nitrogens with zero attached hydrogens (tertiary/aromatic N) is 3. The van der Waals surface area contributed by atoms with Gasteiger partial charge < -0.3 is 9.80 Å². The number of hydrogen-bond acceptors (Lipinski definition) is 3. The third-order valence-corrected chi connectivity index (χ3v) is 11.3. The first kappa shape index (κ1) is 25.6. The van der Waals surface area contributed by atoms with E-state index in [1.165, 1.54) is 54.5 Å². The summed E-state index contributed by atoms with van der Waals surface area (Å²) in [4.78, 5) is 9.80. The molecular weight excluding hydrogens is 710 g/mol. The Morgan fingerprint density at radius 3 is 1.76 bits per heavy atom. The van der Waals surface area contributed by atoms with E-state index in [0.717, 1.165) is 27.8 Å². The molecule has 3 heterocycles. The summed E-state index contributed by atoms with van der Waals surface area (Å²) in [7, 11) is 3.61. The second-order valence-corrected chi connectivity index (χ2v) is 13.1. The standard InChI is InChI=1S/C37H25N3P.Ir/c1-39-31-17-24-10-3-5-12-26(24)21-35(31)41-36-22-27-13-6-4-11-25(27)18-32(36)40(2)34-20-28(19-33(39)37(34)41)30-16-15-23-9-7-8-14-29(23)38-30;/h3-19,21-22H,1-2H3;/q-1;. The van der Waals surface area contributed by atoms with E-state index in [0.29, 0.717) is 0 Å². The van der Waals surface area contributed by atoms with Gasteiger partial charge in [-0.15, -0.1) is 17.7 Å². The first-order valence-corrected chi connectivity index (χ1v) is 15.3. The second-order valence-electron chi connectivity index (χ2n) is 11.0. The number of hydrogen-bond donors (Lipinski definition) is 0. The fraction of sp³-hybridized carbons (Fsp3) is 0.0541. The van der Waals surface area contributed by atoms with E-state index in [9.17, 15) is 0 Å². The molecule has 1 radical (unpaired) electrons. The number of rotatable bonds is 1. The van der Waals surface area contributed by atoms with Crippen molar-refractivity contribution < 1.29 is 20.1 Å². The minimum Gasteiger partial charge on any atom is -0.361 e. The summed E-state index contributed by atoms with van der Waals surface area (Å²) in [6.07, 6.45) is 0. The first-order chi connectivity index (χ1) is 20.1. The van der Waals surface area contributed by atoms with Crippen LogP contribution in [0.1, 0.15) is 0 Å². The average Bonchev–Trinajstić information content (AvgIpc) is 3.02. The van der Waals surface area contributed by atoms with Crippen LogP contribution in [0.3, 0.4) is 0 Å². The Hall–Kier alpha value is -4.07. The summed E-state index contributed by atoms with van der Waals surface area (Å²) in [6.45, 7) is 0. The molecule has 0 amide bonds. The van der Waals surface area contributed by atoms with Crippen molar-refractivity contribution in [3.05, 3.63) is 121 Å². The number of anilines is 4. The molecule has 0 saturated heterocycles. The minimum atomic E-state index is -0.795. The molecule has 0 saturated carbocycles. The van der Waals surface area contributed by atoms with E-state index in [1.54, 1.807) is 0 Å². The van der Waals surface area contributed by atoms with Crippen LogP contribution in [0.25, 0.3) is 43.7 Å². The molecule has 203 valence electrons. The molecule has 5 heteroatoms. The Kier molecular flexibility index (Phi) is 5.78. The number of para-hydroxylation sites is 1. The zero-order valence-corrected chi connectivity index (χ0v) is 26.4. The zero-order valence-electron chi connectivity index (χ0n) is 23.1. The van der Waals surface area contributed by atoms with E-state index in [4.69, 9.17) is 4.98 Å². The topological polar surface area (TPSA) is 19.4 Å². The number of benzene rings is 6. The summed E-state index contributed by atoms with van der Waals surface area (Å²) in [5, 5.41) is 10.4. The van der Waals surface area contributed by atoms with Crippen LogP contribution in [0.5, 0.6) is 0 Å². The molecule has 0 fully saturated rings. The molecule has 9 rings (SSSR count). The Labute approximate surface area is 259 Å². The zero-order chi connectivity index (χ0) is 27.2. The van der Waals surface area contributed by atoms with E-state index in [2.05, 4.69) is 145 Å². The predicted octanol–water partition coefficient (Wildman–Crippen LogP) is 7.93. The summed E-state index contributed by atoms with van der Waals surface area (Å²) < 4.78 is 0. The van der Waals surface area contributed by atoms with Gasteiger partial charge in [0.1, 0.15) is 0 Å². The van der Waals surface area contributed by atoms with Gasteiger partial charge in [-0.2, -0.15) is 0 Å². The normalized spacial score (nSPS) is 14.9. The van der Waals surface area contributed by atoms with Crippen LogP contribution in [0.15, 0.2) is 115 Å². The van der Waals surface area contributed by atoms with Crippen molar-refractivity contribution in [1.29, 1.82) is 0 Å². The van der Waals surface area contributed by atoms with Gasteiger partial charge in [-0.25, -0.2) is 0 Å². The van der Waals surface area contributed by atoms with Crippen LogP contribution in [-0.2, 0) is 20.1 Å². The maximum Gasteiger partial charge on any atom is 0.0595 e. The fourth-order valence-corrected chi connectivity index (χ4v) is 9.60. The molecule has 0 bridgehead atoms. The molecular formula is C37H25IrN3P-. The van der Waals surface area contributed by atoms with E-state index in [1.807, 2.05) is 0 Å². The molecule has 6 aromatic carbocycles. The molecule has 1 aromatic heterocycles. The van der Waals surface area contributed by atoms with Crippen molar-refractivity contribution in [2.45, 2.75) is 0 Å². The molecule has 0 N–H and O–H groups in total. The fourth-order valence-electron chi connectivity index (χ4n) is 6.57. The molecule has 0 aliphatic carbocycles. The van der Waals surface area contributed by atoms with Crippen molar-refractivity contribution in [2.24, 2.45) is 0 Å². The number of aromatic nitrogens is 1. The largest absolute Gasteiger partial charge is 0.361 e. The number of fused-ring (bicyclic) bond motifs is 7. The summed E-state index contributed by atoms with van der Waals surface area (Å²) in [5.74, 6) is 0. The van der Waals surface area contributed by atoms with E-state index in [-0.39, 0.29) is 20.1 Å². The third-order valence-electron chi connectivity index (χ3n) is 8.69. The maximum absolute atomic E-state index is 5.06. The predicted molar refractivity (Wildman–Crippen MR) is 176 cm³/mol. The third kappa shape index (κ3) is 3.63.